The number of rotatable bonds is 3. The zero-order chi connectivity index (χ0) is 16.5. The number of aromatic nitrogens is 5. The summed E-state index contributed by atoms with van der Waals surface area (Å²) in [7, 11) is 0. The monoisotopic (exact) mass is 317 g/mol. The third-order valence-electron chi connectivity index (χ3n) is 3.83. The summed E-state index contributed by atoms with van der Waals surface area (Å²) in [5.74, 6) is 0.902. The van der Waals surface area contributed by atoms with Gasteiger partial charge in [0.2, 0.25) is 5.82 Å². The molecule has 2 heterocycles. The highest BCUT2D eigenvalue weighted by Gasteiger charge is 2.18. The van der Waals surface area contributed by atoms with Crippen LogP contribution in [0.5, 0.6) is 0 Å². The normalized spacial score (nSPS) is 10.9. The first kappa shape index (κ1) is 14.3. The summed E-state index contributed by atoms with van der Waals surface area (Å²) in [6.45, 7) is 3.99. The van der Waals surface area contributed by atoms with Crippen LogP contribution in [0, 0.1) is 13.8 Å². The van der Waals surface area contributed by atoms with E-state index >= 15 is 0 Å². The quantitative estimate of drug-likeness (QED) is 0.577. The molecule has 0 amide bonds. The Morgan fingerprint density at radius 2 is 1.67 bits per heavy atom. The molecule has 6 nitrogen and oxygen atoms in total. The maximum atomic E-state index is 5.35. The second kappa shape index (κ2) is 5.73. The van der Waals surface area contributed by atoms with Gasteiger partial charge < -0.3 is 4.52 Å². The van der Waals surface area contributed by atoms with Crippen LogP contribution in [0.15, 0.2) is 59.1 Å². The number of benzene rings is 2. The fourth-order valence-electron chi connectivity index (χ4n) is 2.48. The van der Waals surface area contributed by atoms with Crippen LogP contribution in [0.25, 0.3) is 28.7 Å². The highest BCUT2D eigenvalue weighted by atomic mass is 16.5. The average Bonchev–Trinajstić information content (AvgIpc) is 3.23. The van der Waals surface area contributed by atoms with Gasteiger partial charge in [-0.25, -0.2) is 4.68 Å². The molecule has 0 bridgehead atoms. The van der Waals surface area contributed by atoms with Crippen molar-refractivity contribution in [3.05, 3.63) is 65.9 Å². The molecule has 4 rings (SSSR count). The maximum absolute atomic E-state index is 5.35. The SMILES string of the molecule is Cc1ccc(-n2nnc(-c3noc(-c4ccccc4)n3)c2C)cc1. The minimum atomic E-state index is 0.435. The van der Waals surface area contributed by atoms with Crippen molar-refractivity contribution in [2.24, 2.45) is 0 Å². The second-order valence-corrected chi connectivity index (χ2v) is 5.56. The van der Waals surface area contributed by atoms with E-state index in [9.17, 15) is 0 Å². The first-order valence-corrected chi connectivity index (χ1v) is 7.61. The topological polar surface area (TPSA) is 69.6 Å². The minimum absolute atomic E-state index is 0.435. The van der Waals surface area contributed by atoms with E-state index < -0.39 is 0 Å². The summed E-state index contributed by atoms with van der Waals surface area (Å²) in [5.41, 5.74) is 4.49. The van der Waals surface area contributed by atoms with E-state index in [2.05, 4.69) is 20.5 Å². The van der Waals surface area contributed by atoms with Gasteiger partial charge >= 0.3 is 0 Å². The number of nitrogens with zero attached hydrogens (tertiary/aromatic N) is 5. The minimum Gasteiger partial charge on any atom is -0.334 e. The van der Waals surface area contributed by atoms with Crippen molar-refractivity contribution >= 4 is 0 Å². The molecule has 0 unspecified atom stereocenters. The second-order valence-electron chi connectivity index (χ2n) is 5.56. The Bertz CT molecular complexity index is 970. The van der Waals surface area contributed by atoms with Gasteiger partial charge in [-0.05, 0) is 38.1 Å². The molecule has 24 heavy (non-hydrogen) atoms. The zero-order valence-electron chi connectivity index (χ0n) is 13.3. The van der Waals surface area contributed by atoms with Gasteiger partial charge in [0.05, 0.1) is 11.4 Å². The number of hydrogen-bond donors (Lipinski definition) is 0. The molecule has 0 radical (unpaired) electrons. The largest absolute Gasteiger partial charge is 0.334 e. The zero-order valence-corrected chi connectivity index (χ0v) is 13.3. The van der Waals surface area contributed by atoms with E-state index in [1.54, 1.807) is 4.68 Å². The van der Waals surface area contributed by atoms with Crippen LogP contribution < -0.4 is 0 Å². The molecule has 0 fully saturated rings. The molecule has 4 aromatic rings. The summed E-state index contributed by atoms with van der Waals surface area (Å²) in [6.07, 6.45) is 0. The Morgan fingerprint density at radius 1 is 0.917 bits per heavy atom. The predicted molar refractivity (Wildman–Crippen MR) is 89.6 cm³/mol. The maximum Gasteiger partial charge on any atom is 0.258 e. The van der Waals surface area contributed by atoms with Crippen molar-refractivity contribution < 1.29 is 4.52 Å². The average molecular weight is 317 g/mol. The standard InChI is InChI=1S/C18H15N5O/c1-12-8-10-15(11-9-12)23-13(2)16(20-22-23)17-19-18(24-21-17)14-6-4-3-5-7-14/h3-11H,1-2H3. The highest BCUT2D eigenvalue weighted by Crippen LogP contribution is 2.24. The van der Waals surface area contributed by atoms with Gasteiger partial charge in [0, 0.05) is 5.56 Å². The Labute approximate surface area is 138 Å². The molecular formula is C18H15N5O. The first-order chi connectivity index (χ1) is 11.7. The molecule has 0 atom stereocenters. The molecule has 0 aliphatic carbocycles. The molecule has 0 aliphatic rings. The van der Waals surface area contributed by atoms with Crippen LogP contribution in [0.4, 0.5) is 0 Å². The molecule has 0 aliphatic heterocycles. The van der Waals surface area contributed by atoms with Crippen LogP contribution in [-0.4, -0.2) is 25.1 Å². The van der Waals surface area contributed by atoms with Crippen molar-refractivity contribution in [3.8, 4) is 28.7 Å². The van der Waals surface area contributed by atoms with Gasteiger partial charge in [0.15, 0.2) is 5.69 Å². The molecule has 0 saturated heterocycles. The molecule has 6 heteroatoms. The molecule has 0 spiro atoms. The van der Waals surface area contributed by atoms with Gasteiger partial charge in [-0.2, -0.15) is 4.98 Å². The number of aryl methyl sites for hydroxylation is 1. The van der Waals surface area contributed by atoms with Crippen LogP contribution in [0.3, 0.4) is 0 Å². The van der Waals surface area contributed by atoms with E-state index in [-0.39, 0.29) is 0 Å². The highest BCUT2D eigenvalue weighted by molar-refractivity contribution is 5.58. The Morgan fingerprint density at radius 3 is 2.42 bits per heavy atom. The summed E-state index contributed by atoms with van der Waals surface area (Å²) in [6, 6.07) is 17.7. The van der Waals surface area contributed by atoms with E-state index in [0.717, 1.165) is 16.9 Å². The third kappa shape index (κ3) is 2.48. The van der Waals surface area contributed by atoms with E-state index in [0.29, 0.717) is 17.4 Å². The summed E-state index contributed by atoms with van der Waals surface area (Å²) < 4.78 is 7.12. The van der Waals surface area contributed by atoms with Crippen LogP contribution in [-0.2, 0) is 0 Å². The lowest BCUT2D eigenvalue weighted by Crippen LogP contribution is -1.99. The summed E-state index contributed by atoms with van der Waals surface area (Å²) >= 11 is 0. The van der Waals surface area contributed by atoms with E-state index in [4.69, 9.17) is 4.52 Å². The molecule has 2 aromatic carbocycles. The van der Waals surface area contributed by atoms with Crippen molar-refractivity contribution in [1.82, 2.24) is 25.1 Å². The fourth-order valence-corrected chi connectivity index (χ4v) is 2.48. The Hall–Kier alpha value is -3.28. The van der Waals surface area contributed by atoms with Crippen molar-refractivity contribution in [1.29, 1.82) is 0 Å². The van der Waals surface area contributed by atoms with Crippen LogP contribution >= 0.6 is 0 Å². The summed E-state index contributed by atoms with van der Waals surface area (Å²) in [5, 5.41) is 12.5. The van der Waals surface area contributed by atoms with Gasteiger partial charge in [-0.1, -0.05) is 46.3 Å². The Kier molecular flexibility index (Phi) is 3.42. The molecular weight excluding hydrogens is 302 g/mol. The lowest BCUT2D eigenvalue weighted by molar-refractivity contribution is 0.432. The lowest BCUT2D eigenvalue weighted by Gasteiger charge is -2.03. The fraction of sp³-hybridized carbons (Fsp3) is 0.111. The molecule has 0 N–H and O–H groups in total. The van der Waals surface area contributed by atoms with Gasteiger partial charge in [-0.15, -0.1) is 5.10 Å². The third-order valence-corrected chi connectivity index (χ3v) is 3.83. The number of hydrogen-bond acceptors (Lipinski definition) is 5. The van der Waals surface area contributed by atoms with E-state index in [1.165, 1.54) is 5.56 Å². The molecule has 118 valence electrons. The first-order valence-electron chi connectivity index (χ1n) is 7.61. The van der Waals surface area contributed by atoms with Crippen molar-refractivity contribution in [2.45, 2.75) is 13.8 Å². The van der Waals surface area contributed by atoms with Gasteiger partial charge in [0.25, 0.3) is 5.89 Å². The van der Waals surface area contributed by atoms with E-state index in [1.807, 2.05) is 68.4 Å². The smallest absolute Gasteiger partial charge is 0.258 e. The Balaban J connectivity index is 1.71. The molecule has 0 saturated carbocycles. The lowest BCUT2D eigenvalue weighted by atomic mass is 10.2. The van der Waals surface area contributed by atoms with Crippen LogP contribution in [0.1, 0.15) is 11.3 Å². The van der Waals surface area contributed by atoms with Crippen molar-refractivity contribution in [2.75, 3.05) is 0 Å². The van der Waals surface area contributed by atoms with Gasteiger partial charge in [-0.3, -0.25) is 0 Å². The van der Waals surface area contributed by atoms with Crippen molar-refractivity contribution in [3.63, 3.8) is 0 Å². The predicted octanol–water partition coefficient (Wildman–Crippen LogP) is 3.60. The van der Waals surface area contributed by atoms with Gasteiger partial charge in [0.1, 0.15) is 0 Å². The summed E-state index contributed by atoms with van der Waals surface area (Å²) in [4.78, 5) is 4.44. The van der Waals surface area contributed by atoms with Crippen LogP contribution in [0.2, 0.25) is 0 Å². The molecule has 2 aromatic heterocycles.